The van der Waals surface area contributed by atoms with Gasteiger partial charge in [0, 0.05) is 32.3 Å². The number of anilines is 1. The lowest BCUT2D eigenvalue weighted by Crippen LogP contribution is -2.25. The summed E-state index contributed by atoms with van der Waals surface area (Å²) in [5.41, 5.74) is 10.3. The fourth-order valence-corrected chi connectivity index (χ4v) is 8.60. The Bertz CT molecular complexity index is 1920. The van der Waals surface area contributed by atoms with Gasteiger partial charge in [0.05, 0.1) is 21.4 Å². The van der Waals surface area contributed by atoms with Gasteiger partial charge >= 0.3 is 0 Å². The molecule has 2 aliphatic rings. The minimum atomic E-state index is -0.650. The number of nitriles is 2. The van der Waals surface area contributed by atoms with E-state index in [1.54, 1.807) is 24.3 Å². The van der Waals surface area contributed by atoms with Gasteiger partial charge < -0.3 is 15.8 Å². The maximum atomic E-state index is 10.4. The van der Waals surface area contributed by atoms with E-state index in [4.69, 9.17) is 45.9 Å². The van der Waals surface area contributed by atoms with E-state index >= 15 is 0 Å². The normalized spacial score (nSPS) is 17.3. The predicted octanol–water partition coefficient (Wildman–Crippen LogP) is 8.68. The monoisotopic (exact) mass is 633 g/mol. The van der Waals surface area contributed by atoms with Crippen molar-refractivity contribution in [1.29, 1.82) is 10.5 Å². The number of thiophene rings is 1. The molecule has 4 aromatic rings. The maximum Gasteiger partial charge on any atom is 0.216 e. The average molecular weight is 635 g/mol. The van der Waals surface area contributed by atoms with Gasteiger partial charge in [0.15, 0.2) is 3.95 Å². The molecule has 6 rings (SSSR count). The summed E-state index contributed by atoms with van der Waals surface area (Å²) < 4.78 is 8.68. The average Bonchev–Trinajstić information content (AvgIpc) is 3.48. The number of hydrogen-bond donors (Lipinski definition) is 2. The van der Waals surface area contributed by atoms with Crippen molar-refractivity contribution in [2.75, 3.05) is 5.32 Å². The molecule has 41 heavy (non-hydrogen) atoms. The first-order chi connectivity index (χ1) is 19.6. The molecule has 6 nitrogen and oxygen atoms in total. The molecule has 0 amide bonds. The number of fused-ring (bicyclic) bond motifs is 3. The highest BCUT2D eigenvalue weighted by molar-refractivity contribution is 7.73. The molecule has 3 N–H and O–H groups in total. The van der Waals surface area contributed by atoms with Gasteiger partial charge in [-0.3, -0.25) is 4.57 Å². The fourth-order valence-electron chi connectivity index (χ4n) is 5.30. The van der Waals surface area contributed by atoms with Crippen LogP contribution in [0.1, 0.15) is 41.5 Å². The Morgan fingerprint density at radius 1 is 1.07 bits per heavy atom. The van der Waals surface area contributed by atoms with Gasteiger partial charge in [-0.2, -0.15) is 10.5 Å². The molecule has 1 aliphatic heterocycles. The van der Waals surface area contributed by atoms with Crippen molar-refractivity contribution in [1.82, 2.24) is 4.57 Å². The van der Waals surface area contributed by atoms with E-state index in [0.717, 1.165) is 42.6 Å². The van der Waals surface area contributed by atoms with Gasteiger partial charge in [-0.15, -0.1) is 22.7 Å². The second-order valence-corrected chi connectivity index (χ2v) is 13.8. The van der Waals surface area contributed by atoms with Crippen molar-refractivity contribution in [3.63, 3.8) is 0 Å². The van der Waals surface area contributed by atoms with E-state index in [2.05, 4.69) is 35.9 Å². The number of rotatable bonds is 4. The van der Waals surface area contributed by atoms with Crippen LogP contribution in [0.15, 0.2) is 77.0 Å². The number of benzene rings is 2. The summed E-state index contributed by atoms with van der Waals surface area (Å²) in [4.78, 5) is 2.06. The number of thiazole rings is 1. The van der Waals surface area contributed by atoms with Crippen LogP contribution in [-0.2, 0) is 16.6 Å². The zero-order chi connectivity index (χ0) is 29.1. The summed E-state index contributed by atoms with van der Waals surface area (Å²) in [5, 5.41) is 24.9. The first-order valence-corrected chi connectivity index (χ1v) is 15.3. The Kier molecular flexibility index (Phi) is 6.97. The molecule has 0 bridgehead atoms. The smallest absolute Gasteiger partial charge is 0.216 e. The third-order valence-electron chi connectivity index (χ3n) is 7.18. The highest BCUT2D eigenvalue weighted by Gasteiger charge is 2.40. The highest BCUT2D eigenvalue weighted by atomic mass is 35.5. The molecular weight excluding hydrogens is 613 g/mol. The Labute approximate surface area is 260 Å². The molecule has 1 aliphatic carbocycles. The van der Waals surface area contributed by atoms with Crippen molar-refractivity contribution < 1.29 is 4.74 Å². The molecule has 11 heteroatoms. The second kappa shape index (κ2) is 10.4. The third kappa shape index (κ3) is 4.55. The Morgan fingerprint density at radius 2 is 1.78 bits per heavy atom. The van der Waals surface area contributed by atoms with Crippen molar-refractivity contribution in [2.24, 2.45) is 5.73 Å². The molecule has 0 fully saturated rings. The Hall–Kier alpha value is -3.57. The van der Waals surface area contributed by atoms with Gasteiger partial charge in [-0.25, -0.2) is 0 Å². The number of hydrogen-bond acceptors (Lipinski definition) is 8. The topological polar surface area (TPSA) is 99.8 Å². The third-order valence-corrected chi connectivity index (χ3v) is 10.7. The molecular formula is C30H21Cl2N5OS3. The number of para-hydroxylation sites is 1. The molecule has 2 aromatic carbocycles. The quantitative estimate of drug-likeness (QED) is 0.218. The van der Waals surface area contributed by atoms with Crippen molar-refractivity contribution in [3.8, 4) is 28.3 Å². The minimum Gasteiger partial charge on any atom is -0.423 e. The molecule has 0 radical (unpaired) electrons. The summed E-state index contributed by atoms with van der Waals surface area (Å²) in [6.07, 6.45) is 0.752. The van der Waals surface area contributed by atoms with E-state index in [1.807, 2.05) is 30.3 Å². The van der Waals surface area contributed by atoms with Gasteiger partial charge in [-0.1, -0.05) is 67.4 Å². The summed E-state index contributed by atoms with van der Waals surface area (Å²) in [7, 11) is 0. The minimum absolute atomic E-state index is 0.0558. The largest absolute Gasteiger partial charge is 0.423 e. The van der Waals surface area contributed by atoms with Gasteiger partial charge in [-0.05, 0) is 48.5 Å². The maximum absolute atomic E-state index is 10.4. The standard InChI is InChI=1S/C30H21Cl2N5OS3/c1-30(2)12-20-24(40-29(39)37(20)17-6-4-3-5-7-17)22-19(14-34)28(41-25(22)30)36-27-23(32)21(18(13-33)26(35)38-27)15-8-10-16(31)11-9-15/h3-11,21,36H,12,35H2,1-2H3. The lowest BCUT2D eigenvalue weighted by atomic mass is 9.78. The van der Waals surface area contributed by atoms with Crippen LogP contribution in [0.5, 0.6) is 0 Å². The SMILES string of the molecule is CC1(C)Cc2c(sc(=S)n2-c2ccccc2)-c2c1sc(NC1=C(Cl)C(c3ccc(Cl)cc3)C(C#N)=C(N)O1)c2C#N. The van der Waals surface area contributed by atoms with Gasteiger partial charge in [0.1, 0.15) is 22.7 Å². The molecule has 1 unspecified atom stereocenters. The van der Waals surface area contributed by atoms with Crippen LogP contribution < -0.4 is 11.1 Å². The van der Waals surface area contributed by atoms with Crippen molar-refractivity contribution >= 4 is 63.1 Å². The molecule has 204 valence electrons. The van der Waals surface area contributed by atoms with Crippen LogP contribution in [-0.4, -0.2) is 4.57 Å². The Balaban J connectivity index is 1.48. The summed E-state index contributed by atoms with van der Waals surface area (Å²) >= 11 is 21.8. The van der Waals surface area contributed by atoms with Crippen LogP contribution in [0.2, 0.25) is 5.02 Å². The first kappa shape index (κ1) is 27.6. The fraction of sp³-hybridized carbons (Fsp3) is 0.167. The lowest BCUT2D eigenvalue weighted by Gasteiger charge is -2.30. The number of aromatic nitrogens is 1. The number of ether oxygens (including phenoxy) is 1. The second-order valence-electron chi connectivity index (χ2n) is 10.3. The summed E-state index contributed by atoms with van der Waals surface area (Å²) in [6.45, 7) is 4.35. The number of nitrogens with two attached hydrogens (primary N) is 1. The van der Waals surface area contributed by atoms with Crippen LogP contribution in [0, 0.1) is 26.6 Å². The summed E-state index contributed by atoms with van der Waals surface area (Å²) in [6, 6.07) is 21.6. The number of nitrogens with one attached hydrogen (secondary N) is 1. The Morgan fingerprint density at radius 3 is 2.44 bits per heavy atom. The highest BCUT2D eigenvalue weighted by Crippen LogP contribution is 2.54. The van der Waals surface area contributed by atoms with Gasteiger partial charge in [0.2, 0.25) is 11.8 Å². The van der Waals surface area contributed by atoms with E-state index in [9.17, 15) is 10.5 Å². The van der Waals surface area contributed by atoms with Crippen molar-refractivity contribution in [2.45, 2.75) is 31.6 Å². The van der Waals surface area contributed by atoms with Crippen molar-refractivity contribution in [3.05, 3.63) is 108 Å². The molecule has 0 saturated heterocycles. The summed E-state index contributed by atoms with van der Waals surface area (Å²) in [5.74, 6) is -0.534. The zero-order valence-electron chi connectivity index (χ0n) is 21.8. The van der Waals surface area contributed by atoms with Crippen LogP contribution in [0.25, 0.3) is 16.1 Å². The molecule has 1 atom stereocenters. The number of halogens is 2. The van der Waals surface area contributed by atoms with E-state index in [1.165, 1.54) is 22.7 Å². The lowest BCUT2D eigenvalue weighted by molar-refractivity contribution is 0.288. The predicted molar refractivity (Wildman–Crippen MR) is 168 cm³/mol. The van der Waals surface area contributed by atoms with E-state index < -0.39 is 5.92 Å². The molecule has 0 saturated carbocycles. The molecule has 3 heterocycles. The first-order valence-electron chi connectivity index (χ1n) is 12.5. The number of nitrogens with zero attached hydrogens (tertiary/aromatic N) is 3. The van der Waals surface area contributed by atoms with Crippen LogP contribution >= 0.6 is 58.1 Å². The van der Waals surface area contributed by atoms with E-state index in [-0.39, 0.29) is 27.8 Å². The van der Waals surface area contributed by atoms with Crippen LogP contribution in [0.4, 0.5) is 5.00 Å². The van der Waals surface area contributed by atoms with E-state index in [0.29, 0.717) is 15.6 Å². The molecule has 2 aromatic heterocycles. The number of allylic oxidation sites excluding steroid dienone is 2. The van der Waals surface area contributed by atoms with Gasteiger partial charge in [0.25, 0.3) is 0 Å². The molecule has 0 spiro atoms. The van der Waals surface area contributed by atoms with Crippen LogP contribution in [0.3, 0.4) is 0 Å². The zero-order valence-corrected chi connectivity index (χ0v) is 25.7.